The number of piperidine rings is 1. The molecule has 0 radical (unpaired) electrons. The van der Waals surface area contributed by atoms with Gasteiger partial charge in [-0.25, -0.2) is 13.4 Å². The number of aromatic nitrogens is 2. The van der Waals surface area contributed by atoms with E-state index in [9.17, 15) is 13.2 Å². The van der Waals surface area contributed by atoms with E-state index in [1.807, 2.05) is 6.92 Å². The summed E-state index contributed by atoms with van der Waals surface area (Å²) in [7, 11) is -3.52. The fraction of sp³-hybridized carbons (Fsp3) is 0.300. The van der Waals surface area contributed by atoms with Gasteiger partial charge in [0.05, 0.1) is 27.1 Å². The number of benzene rings is 2. The van der Waals surface area contributed by atoms with Crippen LogP contribution >= 0.6 is 11.6 Å². The quantitative estimate of drug-likeness (QED) is 0.654. The van der Waals surface area contributed by atoms with E-state index in [1.165, 1.54) is 10.6 Å². The van der Waals surface area contributed by atoms with Crippen molar-refractivity contribution in [2.24, 2.45) is 0 Å². The lowest BCUT2D eigenvalue weighted by Gasteiger charge is -2.32. The molecule has 146 valence electrons. The highest BCUT2D eigenvalue weighted by atomic mass is 35.5. The van der Waals surface area contributed by atoms with Crippen LogP contribution in [0.1, 0.15) is 24.4 Å². The molecule has 1 aromatic heterocycles. The molecule has 4 rings (SSSR count). The summed E-state index contributed by atoms with van der Waals surface area (Å²) in [6.07, 6.45) is 2.63. The van der Waals surface area contributed by atoms with Crippen molar-refractivity contribution in [1.82, 2.24) is 13.9 Å². The van der Waals surface area contributed by atoms with Gasteiger partial charge >= 0.3 is 0 Å². The molecule has 0 unspecified atom stereocenters. The van der Waals surface area contributed by atoms with E-state index in [0.717, 1.165) is 5.56 Å². The lowest BCUT2D eigenvalue weighted by Crippen LogP contribution is -2.40. The second-order valence-electron chi connectivity index (χ2n) is 7.04. The van der Waals surface area contributed by atoms with Gasteiger partial charge in [-0.3, -0.25) is 9.36 Å². The zero-order valence-corrected chi connectivity index (χ0v) is 16.9. The van der Waals surface area contributed by atoms with Gasteiger partial charge in [0, 0.05) is 19.1 Å². The number of sulfonamides is 1. The molecule has 8 heteroatoms. The maximum absolute atomic E-state index is 12.9. The fourth-order valence-electron chi connectivity index (χ4n) is 3.61. The van der Waals surface area contributed by atoms with Crippen molar-refractivity contribution in [2.45, 2.75) is 30.7 Å². The molecule has 1 aliphatic heterocycles. The van der Waals surface area contributed by atoms with Gasteiger partial charge in [0.2, 0.25) is 10.0 Å². The summed E-state index contributed by atoms with van der Waals surface area (Å²) in [5, 5.41) is 0.922. The van der Waals surface area contributed by atoms with Crippen LogP contribution in [0, 0.1) is 6.92 Å². The highest BCUT2D eigenvalue weighted by Gasteiger charge is 2.30. The van der Waals surface area contributed by atoms with E-state index >= 15 is 0 Å². The first-order chi connectivity index (χ1) is 13.4. The van der Waals surface area contributed by atoms with Gasteiger partial charge in [-0.05, 0) is 44.0 Å². The molecule has 0 aliphatic carbocycles. The summed E-state index contributed by atoms with van der Waals surface area (Å²) < 4.78 is 28.8. The first kappa shape index (κ1) is 19.1. The van der Waals surface area contributed by atoms with E-state index in [1.54, 1.807) is 47.0 Å². The minimum absolute atomic E-state index is 0.0900. The number of rotatable bonds is 3. The standard InChI is InChI=1S/C20H20ClN3O3S/c1-14-5-7-16(8-6-14)28(26,27)23-11-9-15(10-12-23)24-13-22-19-17(20(24)25)3-2-4-18(19)21/h2-8,13,15H,9-12H2,1H3. The molecule has 0 N–H and O–H groups in total. The van der Waals surface area contributed by atoms with E-state index in [2.05, 4.69) is 4.98 Å². The first-order valence-electron chi connectivity index (χ1n) is 9.10. The summed E-state index contributed by atoms with van der Waals surface area (Å²) in [5.41, 5.74) is 1.36. The minimum atomic E-state index is -3.52. The number of aryl methyl sites for hydroxylation is 1. The van der Waals surface area contributed by atoms with Crippen molar-refractivity contribution in [1.29, 1.82) is 0 Å². The van der Waals surface area contributed by atoms with Gasteiger partial charge in [-0.2, -0.15) is 4.31 Å². The van der Waals surface area contributed by atoms with E-state index < -0.39 is 10.0 Å². The zero-order chi connectivity index (χ0) is 19.9. The van der Waals surface area contributed by atoms with Crippen molar-refractivity contribution in [2.75, 3.05) is 13.1 Å². The Balaban J connectivity index is 1.56. The molecule has 0 atom stereocenters. The predicted octanol–water partition coefficient (Wildman–Crippen LogP) is 3.38. The summed E-state index contributed by atoms with van der Waals surface area (Å²) in [5.74, 6) is 0. The second kappa shape index (κ2) is 7.31. The van der Waals surface area contributed by atoms with Crippen LogP contribution in [-0.2, 0) is 10.0 Å². The summed E-state index contributed by atoms with van der Waals surface area (Å²) >= 11 is 6.12. The monoisotopic (exact) mass is 417 g/mol. The third-order valence-electron chi connectivity index (χ3n) is 5.24. The maximum atomic E-state index is 12.9. The molecule has 0 spiro atoms. The summed E-state index contributed by atoms with van der Waals surface area (Å²) in [4.78, 5) is 17.5. The number of fused-ring (bicyclic) bond motifs is 1. The first-order valence-corrected chi connectivity index (χ1v) is 10.9. The third kappa shape index (κ3) is 3.34. The fourth-order valence-corrected chi connectivity index (χ4v) is 5.30. The molecule has 0 bridgehead atoms. The Morgan fingerprint density at radius 3 is 2.43 bits per heavy atom. The molecule has 0 amide bonds. The molecule has 6 nitrogen and oxygen atoms in total. The molecule has 1 saturated heterocycles. The van der Waals surface area contributed by atoms with Crippen LogP contribution in [0.2, 0.25) is 5.02 Å². The van der Waals surface area contributed by atoms with Gasteiger partial charge in [-0.1, -0.05) is 35.4 Å². The highest BCUT2D eigenvalue weighted by molar-refractivity contribution is 7.89. The molecular formula is C20H20ClN3O3S. The van der Waals surface area contributed by atoms with E-state index in [-0.39, 0.29) is 11.6 Å². The van der Waals surface area contributed by atoms with Crippen LogP contribution in [0.25, 0.3) is 10.9 Å². The molecule has 2 aromatic carbocycles. The predicted molar refractivity (Wildman–Crippen MR) is 109 cm³/mol. The largest absolute Gasteiger partial charge is 0.296 e. The number of hydrogen-bond donors (Lipinski definition) is 0. The average molecular weight is 418 g/mol. The topological polar surface area (TPSA) is 72.3 Å². The Bertz CT molecular complexity index is 1180. The minimum Gasteiger partial charge on any atom is -0.296 e. The van der Waals surface area contributed by atoms with Gasteiger partial charge in [0.25, 0.3) is 5.56 Å². The van der Waals surface area contributed by atoms with Crippen molar-refractivity contribution < 1.29 is 8.42 Å². The van der Waals surface area contributed by atoms with Crippen molar-refractivity contribution >= 4 is 32.5 Å². The molecule has 1 fully saturated rings. The lowest BCUT2D eigenvalue weighted by atomic mass is 10.1. The Kier molecular flexibility index (Phi) is 4.99. The Morgan fingerprint density at radius 2 is 1.75 bits per heavy atom. The van der Waals surface area contributed by atoms with Crippen LogP contribution in [-0.4, -0.2) is 35.4 Å². The smallest absolute Gasteiger partial charge is 0.261 e. The van der Waals surface area contributed by atoms with Gasteiger partial charge < -0.3 is 0 Å². The van der Waals surface area contributed by atoms with E-state index in [4.69, 9.17) is 11.6 Å². The molecule has 2 heterocycles. The van der Waals surface area contributed by atoms with Crippen LogP contribution in [0.4, 0.5) is 0 Å². The van der Waals surface area contributed by atoms with Crippen molar-refractivity contribution in [3.8, 4) is 0 Å². The molecule has 3 aromatic rings. The number of para-hydroxylation sites is 1. The van der Waals surface area contributed by atoms with Crippen LogP contribution in [0.5, 0.6) is 0 Å². The molecule has 0 saturated carbocycles. The number of halogens is 1. The highest BCUT2D eigenvalue weighted by Crippen LogP contribution is 2.27. The summed E-state index contributed by atoms with van der Waals surface area (Å²) in [6.45, 7) is 2.65. The van der Waals surface area contributed by atoms with Crippen LogP contribution in [0.3, 0.4) is 0 Å². The average Bonchev–Trinajstić information content (AvgIpc) is 2.69. The lowest BCUT2D eigenvalue weighted by molar-refractivity contribution is 0.269. The van der Waals surface area contributed by atoms with Gasteiger partial charge in [0.1, 0.15) is 0 Å². The zero-order valence-electron chi connectivity index (χ0n) is 15.4. The van der Waals surface area contributed by atoms with Gasteiger partial charge in [0.15, 0.2) is 0 Å². The van der Waals surface area contributed by atoms with Gasteiger partial charge in [-0.15, -0.1) is 0 Å². The summed E-state index contributed by atoms with van der Waals surface area (Å²) in [6, 6.07) is 11.9. The Hall–Kier alpha value is -2.22. The number of hydrogen-bond acceptors (Lipinski definition) is 4. The Labute approximate surface area is 168 Å². The van der Waals surface area contributed by atoms with Crippen LogP contribution in [0.15, 0.2) is 58.5 Å². The SMILES string of the molecule is Cc1ccc(S(=O)(=O)N2CCC(n3cnc4c(Cl)cccc4c3=O)CC2)cc1. The van der Waals surface area contributed by atoms with Crippen LogP contribution < -0.4 is 5.56 Å². The third-order valence-corrected chi connectivity index (χ3v) is 7.46. The second-order valence-corrected chi connectivity index (χ2v) is 9.39. The normalized spacial score (nSPS) is 16.5. The van der Waals surface area contributed by atoms with E-state index in [0.29, 0.717) is 46.8 Å². The maximum Gasteiger partial charge on any atom is 0.261 e. The number of nitrogens with zero attached hydrogens (tertiary/aromatic N) is 3. The van der Waals surface area contributed by atoms with Crippen molar-refractivity contribution in [3.05, 3.63) is 69.7 Å². The molecule has 28 heavy (non-hydrogen) atoms. The molecular weight excluding hydrogens is 398 g/mol. The van der Waals surface area contributed by atoms with Crippen molar-refractivity contribution in [3.63, 3.8) is 0 Å². The Morgan fingerprint density at radius 1 is 1.07 bits per heavy atom. The molecule has 1 aliphatic rings.